The maximum atomic E-state index is 12.5. The molecular weight excluding hydrogens is 366 g/mol. The molecular formula is C20H18ClN3O3. The largest absolute Gasteiger partial charge is 0.497 e. The quantitative estimate of drug-likeness (QED) is 0.674. The van der Waals surface area contributed by atoms with Crippen LogP contribution in [0.4, 0.5) is 5.69 Å². The molecule has 27 heavy (non-hydrogen) atoms. The van der Waals surface area contributed by atoms with Crippen LogP contribution in [-0.4, -0.2) is 29.7 Å². The second-order valence-corrected chi connectivity index (χ2v) is 6.94. The van der Waals surface area contributed by atoms with Gasteiger partial charge < -0.3 is 14.2 Å². The molecule has 1 atom stereocenters. The average molecular weight is 384 g/mol. The molecule has 1 unspecified atom stereocenters. The maximum Gasteiger partial charge on any atom is 0.258 e. The summed E-state index contributed by atoms with van der Waals surface area (Å²) in [6.45, 7) is 2.43. The summed E-state index contributed by atoms with van der Waals surface area (Å²) in [6.07, 6.45) is 0.346. The number of nitrogens with zero attached hydrogens (tertiary/aromatic N) is 3. The molecule has 0 spiro atoms. The Morgan fingerprint density at radius 3 is 2.89 bits per heavy atom. The molecule has 2 aromatic carbocycles. The smallest absolute Gasteiger partial charge is 0.258 e. The van der Waals surface area contributed by atoms with Gasteiger partial charge in [0.25, 0.3) is 5.89 Å². The van der Waals surface area contributed by atoms with Gasteiger partial charge in [0, 0.05) is 35.2 Å². The minimum absolute atomic E-state index is 0.0365. The molecule has 0 saturated carbocycles. The van der Waals surface area contributed by atoms with E-state index in [9.17, 15) is 4.79 Å². The number of ether oxygens (including phenoxy) is 1. The molecule has 2 heterocycles. The zero-order valence-electron chi connectivity index (χ0n) is 15.0. The summed E-state index contributed by atoms with van der Waals surface area (Å²) in [5.41, 5.74) is 2.55. The third-order valence-electron chi connectivity index (χ3n) is 4.70. The normalized spacial score (nSPS) is 16.8. The zero-order chi connectivity index (χ0) is 19.0. The SMILES string of the molecule is COc1cccc(-c2nc(C3CC(=O)N(c4ccc(Cl)c(C)c4)C3)no2)c1. The third-order valence-corrected chi connectivity index (χ3v) is 5.13. The lowest BCUT2D eigenvalue weighted by molar-refractivity contribution is -0.117. The van der Waals surface area contributed by atoms with Crippen LogP contribution in [0.25, 0.3) is 11.5 Å². The monoisotopic (exact) mass is 383 g/mol. The Bertz CT molecular complexity index is 1000. The number of halogens is 1. The number of aromatic nitrogens is 2. The Morgan fingerprint density at radius 1 is 1.26 bits per heavy atom. The summed E-state index contributed by atoms with van der Waals surface area (Å²) < 4.78 is 10.6. The molecule has 1 saturated heterocycles. The predicted octanol–water partition coefficient (Wildman–Crippen LogP) is 4.23. The fourth-order valence-electron chi connectivity index (χ4n) is 3.20. The van der Waals surface area contributed by atoms with E-state index in [1.165, 1.54) is 0 Å². The number of hydrogen-bond donors (Lipinski definition) is 0. The molecule has 3 aromatic rings. The highest BCUT2D eigenvalue weighted by molar-refractivity contribution is 6.31. The van der Waals surface area contributed by atoms with Gasteiger partial charge in [-0.2, -0.15) is 4.98 Å². The topological polar surface area (TPSA) is 68.5 Å². The highest BCUT2D eigenvalue weighted by atomic mass is 35.5. The van der Waals surface area contributed by atoms with Crippen molar-refractivity contribution in [3.05, 3.63) is 58.9 Å². The standard InChI is InChI=1S/C20H18ClN3O3/c1-12-8-15(6-7-17(12)21)24-11-14(10-18(24)25)19-22-20(27-23-19)13-4-3-5-16(9-13)26-2/h3-9,14H,10-11H2,1-2H3. The van der Waals surface area contributed by atoms with E-state index in [1.54, 1.807) is 12.0 Å². The Hall–Kier alpha value is -2.86. The molecule has 6 nitrogen and oxygen atoms in total. The van der Waals surface area contributed by atoms with Crippen molar-refractivity contribution in [2.45, 2.75) is 19.3 Å². The van der Waals surface area contributed by atoms with Gasteiger partial charge in [0.15, 0.2) is 5.82 Å². The summed E-state index contributed by atoms with van der Waals surface area (Å²) in [7, 11) is 1.61. The molecule has 1 fully saturated rings. The van der Waals surface area contributed by atoms with Gasteiger partial charge in [0.05, 0.1) is 7.11 Å². The number of methoxy groups -OCH3 is 1. The van der Waals surface area contributed by atoms with Crippen LogP contribution in [0.2, 0.25) is 5.02 Å². The summed E-state index contributed by atoms with van der Waals surface area (Å²) in [5, 5.41) is 4.78. The van der Waals surface area contributed by atoms with Crippen molar-refractivity contribution in [2.75, 3.05) is 18.6 Å². The van der Waals surface area contributed by atoms with Crippen LogP contribution in [0.15, 0.2) is 47.0 Å². The van der Waals surface area contributed by atoms with Gasteiger partial charge >= 0.3 is 0 Å². The number of carbonyl (C=O) groups excluding carboxylic acids is 1. The molecule has 1 amide bonds. The summed E-state index contributed by atoms with van der Waals surface area (Å²) >= 11 is 6.09. The van der Waals surface area contributed by atoms with Crippen LogP contribution in [-0.2, 0) is 4.79 Å². The summed E-state index contributed by atoms with van der Waals surface area (Å²) in [6, 6.07) is 13.0. The van der Waals surface area contributed by atoms with Crippen LogP contribution >= 0.6 is 11.6 Å². The lowest BCUT2D eigenvalue weighted by Crippen LogP contribution is -2.24. The average Bonchev–Trinajstić information content (AvgIpc) is 3.31. The van der Waals surface area contributed by atoms with Gasteiger partial charge in [-0.1, -0.05) is 22.8 Å². The Morgan fingerprint density at radius 2 is 2.11 bits per heavy atom. The van der Waals surface area contributed by atoms with Crippen molar-refractivity contribution in [2.24, 2.45) is 0 Å². The van der Waals surface area contributed by atoms with Gasteiger partial charge in [0.1, 0.15) is 5.75 Å². The van der Waals surface area contributed by atoms with Gasteiger partial charge in [-0.25, -0.2) is 0 Å². The first kappa shape index (κ1) is 17.5. The highest BCUT2D eigenvalue weighted by Crippen LogP contribution is 2.33. The van der Waals surface area contributed by atoms with Crippen LogP contribution in [0.5, 0.6) is 5.75 Å². The molecule has 1 aliphatic heterocycles. The van der Waals surface area contributed by atoms with Crippen molar-refractivity contribution in [3.63, 3.8) is 0 Å². The molecule has 138 valence electrons. The fourth-order valence-corrected chi connectivity index (χ4v) is 3.32. The molecule has 1 aliphatic rings. The van der Waals surface area contributed by atoms with E-state index in [4.69, 9.17) is 20.9 Å². The van der Waals surface area contributed by atoms with Crippen molar-refractivity contribution in [1.82, 2.24) is 10.1 Å². The highest BCUT2D eigenvalue weighted by Gasteiger charge is 2.34. The summed E-state index contributed by atoms with van der Waals surface area (Å²) in [5.74, 6) is 1.59. The van der Waals surface area contributed by atoms with E-state index in [0.29, 0.717) is 35.5 Å². The van der Waals surface area contributed by atoms with Crippen LogP contribution in [0, 0.1) is 6.92 Å². The number of hydrogen-bond acceptors (Lipinski definition) is 5. The van der Waals surface area contributed by atoms with Crippen molar-refractivity contribution in [1.29, 1.82) is 0 Å². The first-order valence-corrected chi connectivity index (χ1v) is 8.97. The lowest BCUT2D eigenvalue weighted by atomic mass is 10.1. The first-order valence-electron chi connectivity index (χ1n) is 8.59. The van der Waals surface area contributed by atoms with Gasteiger partial charge in [-0.3, -0.25) is 4.79 Å². The van der Waals surface area contributed by atoms with Crippen molar-refractivity contribution in [3.8, 4) is 17.2 Å². The van der Waals surface area contributed by atoms with Crippen molar-refractivity contribution < 1.29 is 14.1 Å². The third kappa shape index (κ3) is 3.40. The number of benzene rings is 2. The van der Waals surface area contributed by atoms with Gasteiger partial charge in [-0.15, -0.1) is 0 Å². The van der Waals surface area contributed by atoms with Gasteiger partial charge in [0.2, 0.25) is 5.91 Å². The molecule has 0 radical (unpaired) electrons. The van der Waals surface area contributed by atoms with E-state index in [2.05, 4.69) is 10.1 Å². The van der Waals surface area contributed by atoms with Crippen LogP contribution < -0.4 is 9.64 Å². The Kier molecular flexibility index (Phi) is 4.58. The lowest BCUT2D eigenvalue weighted by Gasteiger charge is -2.17. The molecule has 4 rings (SSSR count). The minimum Gasteiger partial charge on any atom is -0.497 e. The number of carbonyl (C=O) groups is 1. The van der Waals surface area contributed by atoms with Crippen LogP contribution in [0.1, 0.15) is 23.7 Å². The predicted molar refractivity (Wildman–Crippen MR) is 102 cm³/mol. The molecule has 1 aromatic heterocycles. The van der Waals surface area contributed by atoms with Gasteiger partial charge in [-0.05, 0) is 48.9 Å². The molecule has 0 bridgehead atoms. The van der Waals surface area contributed by atoms with E-state index < -0.39 is 0 Å². The van der Waals surface area contributed by atoms with E-state index >= 15 is 0 Å². The Labute approximate surface area is 161 Å². The molecule has 0 N–H and O–H groups in total. The van der Waals surface area contributed by atoms with Crippen LogP contribution in [0.3, 0.4) is 0 Å². The van der Waals surface area contributed by atoms with E-state index in [0.717, 1.165) is 16.8 Å². The molecule has 7 heteroatoms. The number of aryl methyl sites for hydroxylation is 1. The minimum atomic E-state index is -0.114. The Balaban J connectivity index is 1.55. The van der Waals surface area contributed by atoms with Crippen molar-refractivity contribution >= 4 is 23.2 Å². The number of rotatable bonds is 4. The second-order valence-electron chi connectivity index (χ2n) is 6.53. The second kappa shape index (κ2) is 7.04. The molecule has 0 aliphatic carbocycles. The van der Waals surface area contributed by atoms with E-state index in [-0.39, 0.29) is 11.8 Å². The number of amides is 1. The summed E-state index contributed by atoms with van der Waals surface area (Å²) in [4.78, 5) is 18.7. The van der Waals surface area contributed by atoms with E-state index in [1.807, 2.05) is 49.4 Å². The maximum absolute atomic E-state index is 12.5. The fraction of sp³-hybridized carbons (Fsp3) is 0.250. The first-order chi connectivity index (χ1) is 13.0. The zero-order valence-corrected chi connectivity index (χ0v) is 15.7. The number of anilines is 1.